The largest absolute Gasteiger partial charge is 0.458 e. The van der Waals surface area contributed by atoms with Gasteiger partial charge in [-0.1, -0.05) is 11.6 Å². The number of carbonyl (C=O) groups is 1. The van der Waals surface area contributed by atoms with E-state index in [2.05, 4.69) is 5.32 Å². The maximum absolute atomic E-state index is 12.2. The number of fused-ring (bicyclic) bond motifs is 1. The van der Waals surface area contributed by atoms with Crippen LogP contribution in [-0.2, 0) is 0 Å². The quantitative estimate of drug-likeness (QED) is 0.810. The zero-order chi connectivity index (χ0) is 11.1. The molecule has 1 amide bonds. The Morgan fingerprint density at radius 2 is 2.44 bits per heavy atom. The van der Waals surface area contributed by atoms with E-state index in [0.717, 1.165) is 25.9 Å². The molecule has 0 radical (unpaired) electrons. The molecule has 0 bridgehead atoms. The first-order chi connectivity index (χ1) is 7.77. The Kier molecular flexibility index (Phi) is 2.41. The lowest BCUT2D eigenvalue weighted by atomic mass is 10.1. The number of halogens is 1. The highest BCUT2D eigenvalue weighted by Crippen LogP contribution is 2.28. The van der Waals surface area contributed by atoms with E-state index < -0.39 is 0 Å². The first-order valence-electron chi connectivity index (χ1n) is 5.55. The molecular weight excluding hydrogens is 228 g/mol. The van der Waals surface area contributed by atoms with Gasteiger partial charge in [0.2, 0.25) is 5.76 Å². The van der Waals surface area contributed by atoms with Crippen LogP contribution < -0.4 is 5.32 Å². The highest BCUT2D eigenvalue weighted by atomic mass is 35.5. The number of likely N-dealkylation sites (tertiary alicyclic amines) is 1. The molecule has 5 heteroatoms. The van der Waals surface area contributed by atoms with Crippen LogP contribution in [0.25, 0.3) is 0 Å². The van der Waals surface area contributed by atoms with Gasteiger partial charge in [-0.15, -0.1) is 0 Å². The van der Waals surface area contributed by atoms with Crippen molar-refractivity contribution < 1.29 is 9.21 Å². The molecule has 0 saturated carbocycles. The van der Waals surface area contributed by atoms with Crippen LogP contribution in [0.15, 0.2) is 16.7 Å². The van der Waals surface area contributed by atoms with Crippen molar-refractivity contribution in [2.75, 3.05) is 13.1 Å². The number of hydrogen-bond donors (Lipinski definition) is 1. The van der Waals surface area contributed by atoms with Crippen LogP contribution in [0.3, 0.4) is 0 Å². The molecule has 2 aliphatic rings. The molecule has 2 fully saturated rings. The molecule has 1 aromatic rings. The standard InChI is InChI=1S/C11H13ClN2O2/c12-7-3-6-16-10(7)11(15)14-5-2-8-9(14)1-4-13-8/h3,6,8-9,13H,1-2,4-5H2. The van der Waals surface area contributed by atoms with E-state index in [0.29, 0.717) is 17.1 Å². The van der Waals surface area contributed by atoms with Crippen LogP contribution in [0.1, 0.15) is 23.4 Å². The fourth-order valence-electron chi connectivity index (χ4n) is 2.69. The molecule has 1 aromatic heterocycles. The number of rotatable bonds is 1. The van der Waals surface area contributed by atoms with Crippen LogP contribution in [0.2, 0.25) is 5.02 Å². The fraction of sp³-hybridized carbons (Fsp3) is 0.545. The summed E-state index contributed by atoms with van der Waals surface area (Å²) in [7, 11) is 0. The number of amides is 1. The van der Waals surface area contributed by atoms with Gasteiger partial charge in [-0.3, -0.25) is 4.79 Å². The minimum atomic E-state index is -0.0776. The average molecular weight is 241 g/mol. The SMILES string of the molecule is O=C(c1occc1Cl)N1CCC2NCCC21. The van der Waals surface area contributed by atoms with E-state index in [9.17, 15) is 4.79 Å². The van der Waals surface area contributed by atoms with Gasteiger partial charge in [-0.25, -0.2) is 0 Å². The highest BCUT2D eigenvalue weighted by Gasteiger charge is 2.41. The molecule has 3 heterocycles. The van der Waals surface area contributed by atoms with Crippen molar-refractivity contribution in [3.8, 4) is 0 Å². The second kappa shape index (κ2) is 3.79. The molecule has 0 aromatic carbocycles. The van der Waals surface area contributed by atoms with Gasteiger partial charge in [0.25, 0.3) is 5.91 Å². The predicted molar refractivity (Wildman–Crippen MR) is 59.6 cm³/mol. The average Bonchev–Trinajstić information content (AvgIpc) is 2.90. The third-order valence-corrected chi connectivity index (χ3v) is 3.76. The summed E-state index contributed by atoms with van der Waals surface area (Å²) in [6.45, 7) is 1.78. The zero-order valence-corrected chi connectivity index (χ0v) is 9.54. The van der Waals surface area contributed by atoms with Crippen molar-refractivity contribution in [3.63, 3.8) is 0 Å². The van der Waals surface area contributed by atoms with Crippen molar-refractivity contribution in [3.05, 3.63) is 23.1 Å². The molecule has 3 rings (SSSR count). The third kappa shape index (κ3) is 1.44. The second-order valence-electron chi connectivity index (χ2n) is 4.30. The molecule has 2 saturated heterocycles. The van der Waals surface area contributed by atoms with Crippen molar-refractivity contribution in [1.29, 1.82) is 0 Å². The number of carbonyl (C=O) groups excluding carboxylic acids is 1. The topological polar surface area (TPSA) is 45.5 Å². The molecule has 1 N–H and O–H groups in total. The summed E-state index contributed by atoms with van der Waals surface area (Å²) in [5, 5.41) is 3.81. The lowest BCUT2D eigenvalue weighted by Crippen LogP contribution is -2.38. The summed E-state index contributed by atoms with van der Waals surface area (Å²) in [5.74, 6) is 0.195. The smallest absolute Gasteiger partial charge is 0.291 e. The van der Waals surface area contributed by atoms with Gasteiger partial charge in [0.1, 0.15) is 0 Å². The van der Waals surface area contributed by atoms with E-state index in [1.807, 2.05) is 4.90 Å². The molecule has 2 atom stereocenters. The Hall–Kier alpha value is -1.00. The van der Waals surface area contributed by atoms with Gasteiger partial charge in [0.15, 0.2) is 0 Å². The molecule has 0 aliphatic carbocycles. The van der Waals surface area contributed by atoms with Crippen LogP contribution in [-0.4, -0.2) is 36.0 Å². The van der Waals surface area contributed by atoms with Crippen LogP contribution in [0.4, 0.5) is 0 Å². The Labute approximate surface area is 98.5 Å². The molecule has 0 spiro atoms. The van der Waals surface area contributed by atoms with Crippen molar-refractivity contribution in [1.82, 2.24) is 10.2 Å². The van der Waals surface area contributed by atoms with E-state index in [4.69, 9.17) is 16.0 Å². The van der Waals surface area contributed by atoms with Crippen LogP contribution in [0.5, 0.6) is 0 Å². The molecule has 4 nitrogen and oxygen atoms in total. The zero-order valence-electron chi connectivity index (χ0n) is 8.78. The third-order valence-electron chi connectivity index (χ3n) is 3.46. The molecule has 86 valence electrons. The molecule has 2 aliphatic heterocycles. The maximum Gasteiger partial charge on any atom is 0.291 e. The Morgan fingerprint density at radius 1 is 1.56 bits per heavy atom. The molecule has 16 heavy (non-hydrogen) atoms. The number of nitrogens with one attached hydrogen (secondary N) is 1. The van der Waals surface area contributed by atoms with Crippen LogP contribution >= 0.6 is 11.6 Å². The minimum absolute atomic E-state index is 0.0776. The first-order valence-corrected chi connectivity index (χ1v) is 5.92. The fourth-order valence-corrected chi connectivity index (χ4v) is 2.87. The summed E-state index contributed by atoms with van der Waals surface area (Å²) in [6, 6.07) is 2.38. The lowest BCUT2D eigenvalue weighted by Gasteiger charge is -2.22. The monoisotopic (exact) mass is 240 g/mol. The van der Waals surface area contributed by atoms with Gasteiger partial charge in [-0.05, 0) is 25.5 Å². The van der Waals surface area contributed by atoms with E-state index in [-0.39, 0.29) is 11.7 Å². The highest BCUT2D eigenvalue weighted by molar-refractivity contribution is 6.33. The van der Waals surface area contributed by atoms with Gasteiger partial charge in [-0.2, -0.15) is 0 Å². The van der Waals surface area contributed by atoms with Crippen molar-refractivity contribution >= 4 is 17.5 Å². The normalized spacial score (nSPS) is 28.4. The number of furan rings is 1. The summed E-state index contributed by atoms with van der Waals surface area (Å²) in [4.78, 5) is 14.1. The second-order valence-corrected chi connectivity index (χ2v) is 4.71. The first kappa shape index (κ1) is 10.2. The van der Waals surface area contributed by atoms with Crippen molar-refractivity contribution in [2.24, 2.45) is 0 Å². The summed E-state index contributed by atoms with van der Waals surface area (Å²) >= 11 is 5.90. The summed E-state index contributed by atoms with van der Waals surface area (Å²) in [5.41, 5.74) is 0. The number of nitrogens with zero attached hydrogens (tertiary/aromatic N) is 1. The van der Waals surface area contributed by atoms with Gasteiger partial charge < -0.3 is 14.6 Å². The Morgan fingerprint density at radius 3 is 3.19 bits per heavy atom. The Bertz CT molecular complexity index is 418. The lowest BCUT2D eigenvalue weighted by molar-refractivity contribution is 0.0705. The predicted octanol–water partition coefficient (Wildman–Crippen LogP) is 1.51. The van der Waals surface area contributed by atoms with E-state index >= 15 is 0 Å². The Balaban J connectivity index is 1.83. The maximum atomic E-state index is 12.2. The molecular formula is C11H13ClN2O2. The number of hydrogen-bond acceptors (Lipinski definition) is 3. The molecule has 2 unspecified atom stereocenters. The van der Waals surface area contributed by atoms with E-state index in [1.165, 1.54) is 6.26 Å². The van der Waals surface area contributed by atoms with E-state index in [1.54, 1.807) is 6.07 Å². The summed E-state index contributed by atoms with van der Waals surface area (Å²) < 4.78 is 5.14. The van der Waals surface area contributed by atoms with Gasteiger partial charge in [0, 0.05) is 18.6 Å². The van der Waals surface area contributed by atoms with Crippen LogP contribution in [0, 0.1) is 0 Å². The van der Waals surface area contributed by atoms with Crippen molar-refractivity contribution in [2.45, 2.75) is 24.9 Å². The van der Waals surface area contributed by atoms with Gasteiger partial charge in [0.05, 0.1) is 11.3 Å². The minimum Gasteiger partial charge on any atom is -0.458 e. The summed E-state index contributed by atoms with van der Waals surface area (Å²) in [6.07, 6.45) is 3.50. The van der Waals surface area contributed by atoms with Gasteiger partial charge >= 0.3 is 0 Å².